The van der Waals surface area contributed by atoms with Gasteiger partial charge in [0.2, 0.25) is 0 Å². The first kappa shape index (κ1) is 30.8. The molecule has 38 heavy (non-hydrogen) atoms. The van der Waals surface area contributed by atoms with E-state index in [4.69, 9.17) is 0 Å². The zero-order valence-electron chi connectivity index (χ0n) is 24.2. The van der Waals surface area contributed by atoms with E-state index in [1.807, 2.05) is 90.2 Å². The second-order valence-electron chi connectivity index (χ2n) is 9.04. The van der Waals surface area contributed by atoms with E-state index in [0.29, 0.717) is 12.6 Å². The highest BCUT2D eigenvalue weighted by Crippen LogP contribution is 2.33. The summed E-state index contributed by atoms with van der Waals surface area (Å²) in [5.41, 5.74) is 2.67. The number of allylic oxidation sites excluding steroid dienone is 1. The van der Waals surface area contributed by atoms with Crippen molar-refractivity contribution in [2.75, 3.05) is 38.1 Å². The Labute approximate surface area is 229 Å². The summed E-state index contributed by atoms with van der Waals surface area (Å²) >= 11 is 0. The van der Waals surface area contributed by atoms with E-state index in [-0.39, 0.29) is 6.03 Å². The number of piperidine rings is 1. The molecule has 2 N–H and O–H groups in total. The third-order valence-corrected chi connectivity index (χ3v) is 6.91. The smallest absolute Gasteiger partial charge is 0.330 e. The number of hydrogen-bond donors (Lipinski definition) is 2. The van der Waals surface area contributed by atoms with Crippen molar-refractivity contribution in [3.8, 4) is 0 Å². The summed E-state index contributed by atoms with van der Waals surface area (Å²) in [6, 6.07) is 15.0. The quantitative estimate of drug-likeness (QED) is 0.501. The van der Waals surface area contributed by atoms with Gasteiger partial charge in [-0.2, -0.15) is 0 Å². The van der Waals surface area contributed by atoms with E-state index in [2.05, 4.69) is 38.5 Å². The standard InChI is InChI=1S/C26H34N6O2.2C2H6/c1-19-20(2)29-26(34)32(24(19)21-9-5-4-6-10-21)25(33)28-15-18-30(3)22-12-16-31(17-13-22)23-11-7-8-14-27-23;2*1-2/h4-11,14,22,24H,12-13,15-18H2,1-3H3,(H,28,33)(H,29,34);2*1-2H3/t24-;;/m1../s1. The van der Waals surface area contributed by atoms with Crippen molar-refractivity contribution in [2.45, 2.75) is 66.5 Å². The van der Waals surface area contributed by atoms with Crippen LogP contribution in [0, 0.1) is 0 Å². The Balaban J connectivity index is 0.00000121. The highest BCUT2D eigenvalue weighted by Gasteiger charge is 2.36. The maximum atomic E-state index is 13.1. The van der Waals surface area contributed by atoms with Crippen molar-refractivity contribution >= 4 is 17.9 Å². The minimum absolute atomic E-state index is 0.378. The Morgan fingerprint density at radius 1 is 1.03 bits per heavy atom. The van der Waals surface area contributed by atoms with Crippen LogP contribution in [0.15, 0.2) is 66.0 Å². The van der Waals surface area contributed by atoms with Crippen LogP contribution in [0.3, 0.4) is 0 Å². The zero-order valence-corrected chi connectivity index (χ0v) is 24.2. The molecular formula is C30H46N6O2. The minimum atomic E-state index is -0.413. The van der Waals surface area contributed by atoms with Crippen LogP contribution in [-0.2, 0) is 0 Å². The Hall–Kier alpha value is -3.39. The molecule has 3 heterocycles. The van der Waals surface area contributed by atoms with Crippen molar-refractivity contribution < 1.29 is 9.59 Å². The van der Waals surface area contributed by atoms with Gasteiger partial charge in [0.05, 0.1) is 6.04 Å². The van der Waals surface area contributed by atoms with Gasteiger partial charge in [-0.15, -0.1) is 0 Å². The number of benzene rings is 1. The summed E-state index contributed by atoms with van der Waals surface area (Å²) in [7, 11) is 2.10. The van der Waals surface area contributed by atoms with Gasteiger partial charge in [-0.3, -0.25) is 0 Å². The van der Waals surface area contributed by atoms with Crippen LogP contribution in [-0.4, -0.2) is 66.1 Å². The molecule has 208 valence electrons. The van der Waals surface area contributed by atoms with Crippen LogP contribution in [0.4, 0.5) is 15.4 Å². The van der Waals surface area contributed by atoms with E-state index in [9.17, 15) is 9.59 Å². The van der Waals surface area contributed by atoms with Crippen molar-refractivity contribution in [3.63, 3.8) is 0 Å². The third-order valence-electron chi connectivity index (χ3n) is 6.91. The number of urea groups is 2. The van der Waals surface area contributed by atoms with Crippen LogP contribution in [0.1, 0.15) is 66.0 Å². The summed E-state index contributed by atoms with van der Waals surface area (Å²) in [4.78, 5) is 36.2. The Bertz CT molecular complexity index is 1020. The maximum absolute atomic E-state index is 13.1. The lowest BCUT2D eigenvalue weighted by Gasteiger charge is -2.38. The van der Waals surface area contributed by atoms with Gasteiger partial charge in [-0.05, 0) is 57.0 Å². The number of carbonyl (C=O) groups excluding carboxylic acids is 2. The maximum Gasteiger partial charge on any atom is 0.330 e. The Kier molecular flexibility index (Phi) is 12.8. The lowest BCUT2D eigenvalue weighted by molar-refractivity contribution is 0.168. The van der Waals surface area contributed by atoms with Gasteiger partial charge in [0.25, 0.3) is 0 Å². The summed E-state index contributed by atoms with van der Waals surface area (Å²) in [6.07, 6.45) is 3.93. The number of nitrogens with one attached hydrogen (secondary N) is 2. The van der Waals surface area contributed by atoms with Crippen molar-refractivity contribution in [1.29, 1.82) is 0 Å². The van der Waals surface area contributed by atoms with Crippen LogP contribution in [0.25, 0.3) is 0 Å². The molecule has 2 aliphatic rings. The van der Waals surface area contributed by atoms with E-state index in [0.717, 1.165) is 55.1 Å². The normalized spacial score (nSPS) is 17.7. The van der Waals surface area contributed by atoms with Crippen molar-refractivity contribution in [2.24, 2.45) is 0 Å². The molecule has 0 unspecified atom stereocenters. The summed E-state index contributed by atoms with van der Waals surface area (Å²) in [5.74, 6) is 1.03. The van der Waals surface area contributed by atoms with Crippen LogP contribution in [0.2, 0.25) is 0 Å². The minimum Gasteiger partial charge on any atom is -0.357 e. The largest absolute Gasteiger partial charge is 0.357 e. The van der Waals surface area contributed by atoms with Crippen LogP contribution >= 0.6 is 0 Å². The molecule has 1 aromatic heterocycles. The number of aromatic nitrogens is 1. The second kappa shape index (κ2) is 15.8. The molecule has 4 amide bonds. The molecule has 2 aliphatic heterocycles. The lowest BCUT2D eigenvalue weighted by atomic mass is 9.95. The molecular weight excluding hydrogens is 476 g/mol. The van der Waals surface area contributed by atoms with E-state index >= 15 is 0 Å². The summed E-state index contributed by atoms with van der Waals surface area (Å²) < 4.78 is 0. The Morgan fingerprint density at radius 3 is 2.26 bits per heavy atom. The molecule has 8 heteroatoms. The topological polar surface area (TPSA) is 80.8 Å². The highest BCUT2D eigenvalue weighted by molar-refractivity contribution is 5.96. The number of likely N-dealkylation sites (N-methyl/N-ethyl adjacent to an activating group) is 1. The van der Waals surface area contributed by atoms with Gasteiger partial charge in [0.1, 0.15) is 5.82 Å². The third kappa shape index (κ3) is 7.81. The summed E-state index contributed by atoms with van der Waals surface area (Å²) in [5, 5.41) is 5.78. The van der Waals surface area contributed by atoms with Gasteiger partial charge in [0, 0.05) is 44.1 Å². The van der Waals surface area contributed by atoms with Gasteiger partial charge in [-0.25, -0.2) is 19.5 Å². The van der Waals surface area contributed by atoms with E-state index in [1.54, 1.807) is 0 Å². The van der Waals surface area contributed by atoms with Crippen molar-refractivity contribution in [3.05, 3.63) is 71.6 Å². The number of carbonyl (C=O) groups is 2. The molecule has 0 aliphatic carbocycles. The van der Waals surface area contributed by atoms with E-state index < -0.39 is 12.1 Å². The predicted molar refractivity (Wildman–Crippen MR) is 156 cm³/mol. The molecule has 0 radical (unpaired) electrons. The monoisotopic (exact) mass is 522 g/mol. The van der Waals surface area contributed by atoms with Crippen molar-refractivity contribution in [1.82, 2.24) is 25.4 Å². The van der Waals surface area contributed by atoms with Gasteiger partial charge < -0.3 is 20.4 Å². The highest BCUT2D eigenvalue weighted by atomic mass is 16.2. The molecule has 0 bridgehead atoms. The van der Waals surface area contributed by atoms with Gasteiger partial charge >= 0.3 is 12.1 Å². The molecule has 1 atom stereocenters. The SMILES string of the molecule is CC.CC.CC1=C(C)[C@H](c2ccccc2)N(C(=O)NCCN(C)C2CCN(c3ccccn3)CC2)C(=O)N1. The summed E-state index contributed by atoms with van der Waals surface area (Å²) in [6.45, 7) is 15.0. The number of nitrogens with zero attached hydrogens (tertiary/aromatic N) is 4. The molecule has 4 rings (SSSR count). The number of imide groups is 1. The number of rotatable bonds is 6. The second-order valence-corrected chi connectivity index (χ2v) is 9.04. The predicted octanol–water partition coefficient (Wildman–Crippen LogP) is 5.80. The van der Waals surface area contributed by atoms with Gasteiger partial charge in [0.15, 0.2) is 0 Å². The lowest BCUT2D eigenvalue weighted by Crippen LogP contribution is -2.54. The molecule has 1 aromatic carbocycles. The molecule has 1 fully saturated rings. The average molecular weight is 523 g/mol. The Morgan fingerprint density at radius 2 is 1.66 bits per heavy atom. The van der Waals surface area contributed by atoms with Crippen LogP contribution < -0.4 is 15.5 Å². The first-order valence-electron chi connectivity index (χ1n) is 13.9. The van der Waals surface area contributed by atoms with E-state index in [1.165, 1.54) is 4.90 Å². The fraction of sp³-hybridized carbons (Fsp3) is 0.500. The zero-order chi connectivity index (χ0) is 28.1. The number of anilines is 1. The fourth-order valence-electron chi connectivity index (χ4n) is 4.76. The molecule has 2 aromatic rings. The molecule has 8 nitrogen and oxygen atoms in total. The first-order chi connectivity index (χ1) is 18.5. The molecule has 0 saturated carbocycles. The number of pyridine rings is 1. The first-order valence-corrected chi connectivity index (χ1v) is 13.9. The van der Waals surface area contributed by atoms with Crippen LogP contribution in [0.5, 0.6) is 0 Å². The average Bonchev–Trinajstić information content (AvgIpc) is 2.97. The molecule has 0 spiro atoms. The fourth-order valence-corrected chi connectivity index (χ4v) is 4.76. The molecule has 1 saturated heterocycles. The number of hydrogen-bond acceptors (Lipinski definition) is 5. The van der Waals surface area contributed by atoms with Gasteiger partial charge in [-0.1, -0.05) is 64.1 Å². The number of amides is 4.